The van der Waals surface area contributed by atoms with Gasteiger partial charge in [0.05, 0.1) is 21.6 Å². The molecule has 0 N–H and O–H groups in total. The lowest BCUT2D eigenvalue weighted by molar-refractivity contribution is 1.26. The summed E-state index contributed by atoms with van der Waals surface area (Å²) in [6, 6.07) is 12.3. The van der Waals surface area contributed by atoms with Crippen LogP contribution in [0.15, 0.2) is 48.8 Å². The van der Waals surface area contributed by atoms with E-state index in [1.165, 1.54) is 5.56 Å². The van der Waals surface area contributed by atoms with Crippen LogP contribution in [-0.4, -0.2) is 14.4 Å². The largest absolute Gasteiger partial charge is 0.290 e. The Morgan fingerprint density at radius 2 is 2.05 bits per heavy atom. The molecule has 1 aromatic carbocycles. The monoisotopic (exact) mass is 265 g/mol. The molecule has 0 bridgehead atoms. The number of hydrogen-bond acceptors (Lipinski definition) is 3. The second kappa shape index (κ2) is 3.90. The van der Waals surface area contributed by atoms with Crippen molar-refractivity contribution in [3.63, 3.8) is 0 Å². The second-order valence-corrected chi connectivity index (χ2v) is 5.58. The van der Waals surface area contributed by atoms with Gasteiger partial charge in [0.2, 0.25) is 0 Å². The van der Waals surface area contributed by atoms with Crippen molar-refractivity contribution in [2.75, 3.05) is 0 Å². The van der Waals surface area contributed by atoms with Crippen LogP contribution in [0.1, 0.15) is 5.56 Å². The summed E-state index contributed by atoms with van der Waals surface area (Å²) < 4.78 is 2.14. The maximum Gasteiger partial charge on any atom is 0.195 e. The number of fused-ring (bicyclic) bond motifs is 3. The summed E-state index contributed by atoms with van der Waals surface area (Å²) in [5.41, 5.74) is 4.42. The Bertz CT molecular complexity index is 889. The third kappa shape index (κ3) is 1.64. The van der Waals surface area contributed by atoms with E-state index in [0.717, 1.165) is 26.6 Å². The molecule has 19 heavy (non-hydrogen) atoms. The topological polar surface area (TPSA) is 30.2 Å². The van der Waals surface area contributed by atoms with Crippen LogP contribution in [0.5, 0.6) is 0 Å². The van der Waals surface area contributed by atoms with Crippen molar-refractivity contribution in [2.24, 2.45) is 0 Å². The highest BCUT2D eigenvalue weighted by Gasteiger charge is 2.10. The van der Waals surface area contributed by atoms with E-state index in [9.17, 15) is 0 Å². The quantitative estimate of drug-likeness (QED) is 0.522. The van der Waals surface area contributed by atoms with Gasteiger partial charge in [0.15, 0.2) is 4.96 Å². The molecule has 4 rings (SSSR count). The molecule has 0 spiro atoms. The van der Waals surface area contributed by atoms with Gasteiger partial charge in [0.25, 0.3) is 0 Å². The number of benzene rings is 1. The van der Waals surface area contributed by atoms with Crippen molar-refractivity contribution in [3.8, 4) is 10.6 Å². The Kier molecular flexibility index (Phi) is 2.19. The van der Waals surface area contributed by atoms with Crippen molar-refractivity contribution in [1.29, 1.82) is 0 Å². The van der Waals surface area contributed by atoms with E-state index in [4.69, 9.17) is 0 Å². The number of hydrogen-bond donors (Lipinski definition) is 0. The van der Waals surface area contributed by atoms with Crippen molar-refractivity contribution in [2.45, 2.75) is 6.92 Å². The number of para-hydroxylation sites is 2. The SMILES string of the molecule is Cc1ccnc(-c2cn3c(nc4ccccc43)s2)c1. The van der Waals surface area contributed by atoms with E-state index in [0.29, 0.717) is 0 Å². The first-order chi connectivity index (χ1) is 9.31. The first kappa shape index (κ1) is 10.7. The third-order valence-electron chi connectivity index (χ3n) is 3.18. The maximum absolute atomic E-state index is 4.64. The number of thiazole rings is 1. The molecule has 0 saturated heterocycles. The minimum atomic E-state index is 1.01. The van der Waals surface area contributed by atoms with Gasteiger partial charge in [-0.2, -0.15) is 0 Å². The Morgan fingerprint density at radius 3 is 2.95 bits per heavy atom. The van der Waals surface area contributed by atoms with Crippen molar-refractivity contribution in [3.05, 3.63) is 54.4 Å². The molecule has 3 aromatic heterocycles. The lowest BCUT2D eigenvalue weighted by Crippen LogP contribution is -1.81. The fourth-order valence-electron chi connectivity index (χ4n) is 2.25. The summed E-state index contributed by atoms with van der Waals surface area (Å²) >= 11 is 1.67. The van der Waals surface area contributed by atoms with E-state index >= 15 is 0 Å². The number of nitrogens with zero attached hydrogens (tertiary/aromatic N) is 3. The summed E-state index contributed by atoms with van der Waals surface area (Å²) in [6.07, 6.45) is 3.97. The van der Waals surface area contributed by atoms with Gasteiger partial charge in [-0.3, -0.25) is 9.38 Å². The van der Waals surface area contributed by atoms with E-state index in [2.05, 4.69) is 39.6 Å². The van der Waals surface area contributed by atoms with Gasteiger partial charge in [-0.05, 0) is 36.8 Å². The highest BCUT2D eigenvalue weighted by molar-refractivity contribution is 7.20. The van der Waals surface area contributed by atoms with E-state index in [1.54, 1.807) is 11.3 Å². The van der Waals surface area contributed by atoms with Crippen LogP contribution < -0.4 is 0 Å². The molecule has 4 heteroatoms. The Labute approximate surface area is 114 Å². The molecule has 0 fully saturated rings. The lowest BCUT2D eigenvalue weighted by atomic mass is 10.2. The summed E-state index contributed by atoms with van der Waals surface area (Å²) in [7, 11) is 0. The molecule has 0 amide bonds. The predicted molar refractivity (Wildman–Crippen MR) is 78.5 cm³/mol. The first-order valence-corrected chi connectivity index (χ1v) is 6.92. The molecule has 92 valence electrons. The molecule has 4 aromatic rings. The number of pyridine rings is 1. The zero-order valence-electron chi connectivity index (χ0n) is 10.4. The molecule has 3 nitrogen and oxygen atoms in total. The van der Waals surface area contributed by atoms with Crippen LogP contribution in [0, 0.1) is 6.92 Å². The van der Waals surface area contributed by atoms with Crippen LogP contribution in [0.4, 0.5) is 0 Å². The van der Waals surface area contributed by atoms with Gasteiger partial charge >= 0.3 is 0 Å². The predicted octanol–water partition coefficient (Wildman–Crippen LogP) is 3.92. The van der Waals surface area contributed by atoms with Gasteiger partial charge in [0, 0.05) is 12.4 Å². The number of rotatable bonds is 1. The summed E-state index contributed by atoms with van der Waals surface area (Å²) in [5, 5.41) is 0. The number of imidazole rings is 1. The molecule has 0 aliphatic heterocycles. The van der Waals surface area contributed by atoms with E-state index < -0.39 is 0 Å². The molecule has 0 aliphatic rings. The molecule has 0 unspecified atom stereocenters. The summed E-state index contributed by atoms with van der Waals surface area (Å²) in [5.74, 6) is 0. The van der Waals surface area contributed by atoms with Crippen LogP contribution in [-0.2, 0) is 0 Å². The van der Waals surface area contributed by atoms with Gasteiger partial charge < -0.3 is 0 Å². The van der Waals surface area contributed by atoms with Crippen LogP contribution in [0.3, 0.4) is 0 Å². The molecule has 0 atom stereocenters. The normalized spacial score (nSPS) is 11.4. The van der Waals surface area contributed by atoms with Crippen LogP contribution in [0.25, 0.3) is 26.6 Å². The maximum atomic E-state index is 4.64. The zero-order valence-corrected chi connectivity index (χ0v) is 11.2. The van der Waals surface area contributed by atoms with E-state index in [1.807, 2.05) is 30.5 Å². The van der Waals surface area contributed by atoms with Gasteiger partial charge in [0.1, 0.15) is 0 Å². The van der Waals surface area contributed by atoms with Crippen LogP contribution in [0.2, 0.25) is 0 Å². The molecular weight excluding hydrogens is 254 g/mol. The zero-order chi connectivity index (χ0) is 12.8. The number of aromatic nitrogens is 3. The van der Waals surface area contributed by atoms with Gasteiger partial charge in [-0.1, -0.05) is 23.5 Å². The van der Waals surface area contributed by atoms with Crippen molar-refractivity contribution in [1.82, 2.24) is 14.4 Å². The average molecular weight is 265 g/mol. The molecule has 0 radical (unpaired) electrons. The minimum absolute atomic E-state index is 1.01. The highest BCUT2D eigenvalue weighted by atomic mass is 32.1. The summed E-state index contributed by atoms with van der Waals surface area (Å²) in [6.45, 7) is 2.08. The Balaban J connectivity index is 1.97. The highest BCUT2D eigenvalue weighted by Crippen LogP contribution is 2.30. The van der Waals surface area contributed by atoms with Gasteiger partial charge in [-0.15, -0.1) is 0 Å². The fraction of sp³-hybridized carbons (Fsp3) is 0.0667. The van der Waals surface area contributed by atoms with Crippen LogP contribution >= 0.6 is 11.3 Å². The fourth-order valence-corrected chi connectivity index (χ4v) is 3.21. The molecule has 0 saturated carbocycles. The van der Waals surface area contributed by atoms with E-state index in [-0.39, 0.29) is 0 Å². The molecule has 3 heterocycles. The Morgan fingerprint density at radius 1 is 1.16 bits per heavy atom. The van der Waals surface area contributed by atoms with Gasteiger partial charge in [-0.25, -0.2) is 4.98 Å². The first-order valence-electron chi connectivity index (χ1n) is 6.11. The second-order valence-electron chi connectivity index (χ2n) is 4.57. The Hall–Kier alpha value is -2.20. The molecular formula is C15H11N3S. The molecule has 0 aliphatic carbocycles. The smallest absolute Gasteiger partial charge is 0.195 e. The van der Waals surface area contributed by atoms with Crippen molar-refractivity contribution < 1.29 is 0 Å². The summed E-state index contributed by atoms with van der Waals surface area (Å²) in [4.78, 5) is 11.2. The third-order valence-corrected chi connectivity index (χ3v) is 4.18. The standard InChI is InChI=1S/C15H11N3S/c1-10-6-7-16-12(8-10)14-9-18-13-5-3-2-4-11(13)17-15(18)19-14/h2-9H,1H3. The average Bonchev–Trinajstić information content (AvgIpc) is 2.96. The van der Waals surface area contributed by atoms with Crippen molar-refractivity contribution >= 4 is 27.3 Å². The lowest BCUT2D eigenvalue weighted by Gasteiger charge is -1.96. The number of aryl methyl sites for hydroxylation is 1. The minimum Gasteiger partial charge on any atom is -0.290 e.